The van der Waals surface area contributed by atoms with Crippen molar-refractivity contribution in [2.24, 2.45) is 0 Å². The van der Waals surface area contributed by atoms with Gasteiger partial charge in [0.1, 0.15) is 28.6 Å². The number of methoxy groups -OCH3 is 3. The highest BCUT2D eigenvalue weighted by Gasteiger charge is 2.18. The van der Waals surface area contributed by atoms with Crippen LogP contribution in [0, 0.1) is 6.92 Å². The summed E-state index contributed by atoms with van der Waals surface area (Å²) in [5.41, 5.74) is 1.53. The number of hydrogen-bond donors (Lipinski definition) is 0. The fourth-order valence-corrected chi connectivity index (χ4v) is 2.73. The van der Waals surface area contributed by atoms with Crippen molar-refractivity contribution in [3.8, 4) is 28.4 Å². The molecule has 0 aliphatic heterocycles. The molecule has 0 fully saturated rings. The smallest absolute Gasteiger partial charge is 0.200 e. The van der Waals surface area contributed by atoms with Crippen molar-refractivity contribution in [3.63, 3.8) is 0 Å². The number of hydrogen-bond acceptors (Lipinski definition) is 5. The molecule has 0 saturated heterocycles. The summed E-state index contributed by atoms with van der Waals surface area (Å²) < 4.78 is 21.7. The van der Waals surface area contributed by atoms with Crippen molar-refractivity contribution in [1.29, 1.82) is 0 Å². The zero-order chi connectivity index (χ0) is 17.3. The van der Waals surface area contributed by atoms with Crippen LogP contribution in [0.15, 0.2) is 45.6 Å². The fraction of sp³-hybridized carbons (Fsp3) is 0.211. The van der Waals surface area contributed by atoms with Gasteiger partial charge in [0.05, 0.1) is 32.3 Å². The van der Waals surface area contributed by atoms with Crippen molar-refractivity contribution >= 4 is 11.0 Å². The van der Waals surface area contributed by atoms with E-state index in [-0.39, 0.29) is 5.43 Å². The van der Waals surface area contributed by atoms with E-state index in [4.69, 9.17) is 18.6 Å². The van der Waals surface area contributed by atoms with E-state index in [1.807, 2.05) is 0 Å². The first-order valence-corrected chi connectivity index (χ1v) is 7.43. The Morgan fingerprint density at radius 2 is 1.54 bits per heavy atom. The lowest BCUT2D eigenvalue weighted by Gasteiger charge is -2.12. The maximum Gasteiger partial charge on any atom is 0.200 e. The lowest BCUT2D eigenvalue weighted by molar-refractivity contribution is 0.395. The van der Waals surface area contributed by atoms with Crippen LogP contribution in [0.3, 0.4) is 0 Å². The summed E-state index contributed by atoms with van der Waals surface area (Å²) in [5.74, 6) is 2.37. The van der Waals surface area contributed by atoms with E-state index in [1.54, 1.807) is 64.7 Å². The quantitative estimate of drug-likeness (QED) is 0.730. The van der Waals surface area contributed by atoms with E-state index in [0.717, 1.165) is 0 Å². The van der Waals surface area contributed by atoms with Gasteiger partial charge in [-0.15, -0.1) is 0 Å². The molecule has 0 spiro atoms. The van der Waals surface area contributed by atoms with Gasteiger partial charge < -0.3 is 18.6 Å². The molecule has 0 aliphatic carbocycles. The van der Waals surface area contributed by atoms with Crippen LogP contribution in [0.2, 0.25) is 0 Å². The van der Waals surface area contributed by atoms with Crippen LogP contribution in [0.5, 0.6) is 17.2 Å². The average Bonchev–Trinajstić information content (AvgIpc) is 2.61. The topological polar surface area (TPSA) is 57.9 Å². The van der Waals surface area contributed by atoms with Gasteiger partial charge >= 0.3 is 0 Å². The Kier molecular flexibility index (Phi) is 4.16. The average molecular weight is 326 g/mol. The zero-order valence-corrected chi connectivity index (χ0v) is 14.0. The Labute approximate surface area is 139 Å². The largest absolute Gasteiger partial charge is 0.497 e. The molecule has 124 valence electrons. The third-order valence-corrected chi connectivity index (χ3v) is 3.95. The second kappa shape index (κ2) is 6.28. The lowest BCUT2D eigenvalue weighted by Crippen LogP contribution is -2.08. The standard InChI is InChI=1S/C19H18O5/c1-11-18(14-7-5-12(21-2)9-16(14)23-4)19(20)15-8-6-13(22-3)10-17(15)24-11/h5-10H,1-4H3. The monoisotopic (exact) mass is 326 g/mol. The minimum Gasteiger partial charge on any atom is -0.497 e. The summed E-state index contributed by atoms with van der Waals surface area (Å²) in [6, 6.07) is 10.5. The molecule has 0 N–H and O–H groups in total. The van der Waals surface area contributed by atoms with E-state index >= 15 is 0 Å². The molecule has 0 unspecified atom stereocenters. The predicted molar refractivity (Wildman–Crippen MR) is 92.3 cm³/mol. The molecule has 0 amide bonds. The van der Waals surface area contributed by atoms with Gasteiger partial charge in [0.2, 0.25) is 5.43 Å². The molecule has 24 heavy (non-hydrogen) atoms. The molecule has 0 saturated carbocycles. The Bertz CT molecular complexity index is 956. The lowest BCUT2D eigenvalue weighted by atomic mass is 10.0. The summed E-state index contributed by atoms with van der Waals surface area (Å²) >= 11 is 0. The number of benzene rings is 2. The third-order valence-electron chi connectivity index (χ3n) is 3.95. The normalized spacial score (nSPS) is 10.7. The van der Waals surface area contributed by atoms with Crippen LogP contribution in [0.25, 0.3) is 22.1 Å². The van der Waals surface area contributed by atoms with Gasteiger partial charge in [-0.25, -0.2) is 0 Å². The van der Waals surface area contributed by atoms with Gasteiger partial charge in [-0.3, -0.25) is 4.79 Å². The maximum atomic E-state index is 13.0. The van der Waals surface area contributed by atoms with Crippen LogP contribution in [0.4, 0.5) is 0 Å². The fourth-order valence-electron chi connectivity index (χ4n) is 2.73. The number of rotatable bonds is 4. The van der Waals surface area contributed by atoms with E-state index in [0.29, 0.717) is 45.1 Å². The van der Waals surface area contributed by atoms with Crippen LogP contribution in [0.1, 0.15) is 5.76 Å². The summed E-state index contributed by atoms with van der Waals surface area (Å²) in [5, 5.41) is 0.495. The Morgan fingerprint density at radius 1 is 0.875 bits per heavy atom. The summed E-state index contributed by atoms with van der Waals surface area (Å²) in [4.78, 5) is 13.0. The van der Waals surface area contributed by atoms with E-state index in [2.05, 4.69) is 0 Å². The molecule has 1 heterocycles. The number of aryl methyl sites for hydroxylation is 1. The van der Waals surface area contributed by atoms with Crippen LogP contribution >= 0.6 is 0 Å². The Morgan fingerprint density at radius 3 is 2.21 bits per heavy atom. The highest BCUT2D eigenvalue weighted by atomic mass is 16.5. The molecule has 5 nitrogen and oxygen atoms in total. The maximum absolute atomic E-state index is 13.0. The van der Waals surface area contributed by atoms with E-state index in [1.165, 1.54) is 0 Å². The SMILES string of the molecule is COc1ccc(-c2c(C)oc3cc(OC)ccc3c2=O)c(OC)c1. The third kappa shape index (κ3) is 2.58. The molecular formula is C19H18O5. The highest BCUT2D eigenvalue weighted by molar-refractivity contribution is 5.85. The van der Waals surface area contributed by atoms with Crippen molar-refractivity contribution in [2.45, 2.75) is 6.92 Å². The van der Waals surface area contributed by atoms with Crippen LogP contribution in [-0.2, 0) is 0 Å². The van der Waals surface area contributed by atoms with Gasteiger partial charge in [0.15, 0.2) is 0 Å². The van der Waals surface area contributed by atoms with Gasteiger partial charge in [-0.2, -0.15) is 0 Å². The van der Waals surface area contributed by atoms with Crippen molar-refractivity contribution in [2.75, 3.05) is 21.3 Å². The van der Waals surface area contributed by atoms with Gasteiger partial charge in [0.25, 0.3) is 0 Å². The first-order chi connectivity index (χ1) is 11.6. The summed E-state index contributed by atoms with van der Waals surface area (Å²) in [6.07, 6.45) is 0. The summed E-state index contributed by atoms with van der Waals surface area (Å²) in [7, 11) is 4.71. The van der Waals surface area contributed by atoms with Crippen molar-refractivity contribution in [1.82, 2.24) is 0 Å². The summed E-state index contributed by atoms with van der Waals surface area (Å²) in [6.45, 7) is 1.76. The molecule has 0 bridgehead atoms. The first-order valence-electron chi connectivity index (χ1n) is 7.43. The molecule has 0 radical (unpaired) electrons. The number of ether oxygens (including phenoxy) is 3. The zero-order valence-electron chi connectivity index (χ0n) is 14.0. The Balaban J connectivity index is 2.29. The minimum atomic E-state index is -0.111. The van der Waals surface area contributed by atoms with Crippen LogP contribution < -0.4 is 19.6 Å². The predicted octanol–water partition coefficient (Wildman–Crippen LogP) is 3.79. The van der Waals surface area contributed by atoms with Gasteiger partial charge in [-0.05, 0) is 31.2 Å². The second-order valence-electron chi connectivity index (χ2n) is 5.29. The van der Waals surface area contributed by atoms with Crippen LogP contribution in [-0.4, -0.2) is 21.3 Å². The molecule has 0 aliphatic rings. The van der Waals surface area contributed by atoms with Gasteiger partial charge in [-0.1, -0.05) is 0 Å². The van der Waals surface area contributed by atoms with Gasteiger partial charge in [0, 0.05) is 17.7 Å². The van der Waals surface area contributed by atoms with Crippen molar-refractivity contribution < 1.29 is 18.6 Å². The highest BCUT2D eigenvalue weighted by Crippen LogP contribution is 2.34. The molecule has 1 aromatic heterocycles. The van der Waals surface area contributed by atoms with E-state index in [9.17, 15) is 4.79 Å². The number of fused-ring (bicyclic) bond motifs is 1. The second-order valence-corrected chi connectivity index (χ2v) is 5.29. The first kappa shape index (κ1) is 15.9. The molecule has 3 aromatic rings. The molecule has 5 heteroatoms. The minimum absolute atomic E-state index is 0.111. The molecular weight excluding hydrogens is 308 g/mol. The Hall–Kier alpha value is -2.95. The molecule has 3 rings (SSSR count). The van der Waals surface area contributed by atoms with Crippen molar-refractivity contribution in [3.05, 3.63) is 52.4 Å². The molecule has 2 aromatic carbocycles. The molecule has 0 atom stereocenters. The van der Waals surface area contributed by atoms with E-state index < -0.39 is 0 Å².